The maximum absolute atomic E-state index is 6.48. The summed E-state index contributed by atoms with van der Waals surface area (Å²) in [7, 11) is 0. The van der Waals surface area contributed by atoms with Crippen molar-refractivity contribution in [2.45, 2.75) is 0 Å². The summed E-state index contributed by atoms with van der Waals surface area (Å²) in [6.45, 7) is 0. The number of halogens is 1. The highest BCUT2D eigenvalue weighted by molar-refractivity contribution is 6.32. The molecule has 0 bridgehead atoms. The molecule has 0 radical (unpaired) electrons. The summed E-state index contributed by atoms with van der Waals surface area (Å²) in [6, 6.07) is 24.4. The molecule has 31 heavy (non-hydrogen) atoms. The number of fused-ring (bicyclic) bond motifs is 1. The average Bonchev–Trinajstić information content (AvgIpc) is 3.27. The third kappa shape index (κ3) is 4.29. The number of anilines is 2. The smallest absolute Gasteiger partial charge is 0.158 e. The number of benzene rings is 3. The molecule has 0 spiro atoms. The number of H-pyrrole nitrogens is 1. The third-order valence-corrected chi connectivity index (χ3v) is 4.85. The molecule has 6 nitrogen and oxygen atoms in total. The molecular formula is C24H17ClN4O2. The zero-order valence-electron chi connectivity index (χ0n) is 16.2. The molecule has 5 rings (SSSR count). The molecule has 0 aliphatic heterocycles. The molecule has 0 amide bonds. The van der Waals surface area contributed by atoms with Crippen LogP contribution >= 0.6 is 11.6 Å². The molecule has 152 valence electrons. The highest BCUT2D eigenvalue weighted by atomic mass is 35.5. The molecule has 2 heterocycles. The van der Waals surface area contributed by atoms with Gasteiger partial charge in [-0.25, -0.2) is 9.97 Å². The number of hydrogen-bond donors (Lipinski definition) is 2. The quantitative estimate of drug-likeness (QED) is 0.306. The maximum atomic E-state index is 6.48. The Labute approximate surface area is 183 Å². The van der Waals surface area contributed by atoms with Gasteiger partial charge in [0, 0.05) is 18.0 Å². The van der Waals surface area contributed by atoms with E-state index in [4.69, 9.17) is 21.1 Å². The van der Waals surface area contributed by atoms with E-state index in [0.717, 1.165) is 22.5 Å². The summed E-state index contributed by atoms with van der Waals surface area (Å²) in [6.07, 6.45) is 3.34. The number of aromatic nitrogens is 3. The fraction of sp³-hybridized carbons (Fsp3) is 0. The lowest BCUT2D eigenvalue weighted by Gasteiger charge is -2.12. The average molecular weight is 429 g/mol. The van der Waals surface area contributed by atoms with Crippen LogP contribution in [0.15, 0.2) is 91.4 Å². The standard InChI is InChI=1S/C24H17ClN4O2/c25-20-13-16(29-24-23-21(11-12-26-23)27-15-28-24)9-10-22(20)31-19-8-4-7-18(14-19)30-17-5-2-1-3-6-17/h1-15,26H,(H,27,28,29). The van der Waals surface area contributed by atoms with Gasteiger partial charge >= 0.3 is 0 Å². The van der Waals surface area contributed by atoms with E-state index in [1.54, 1.807) is 6.07 Å². The SMILES string of the molecule is Clc1cc(Nc2ncnc3cc[nH]c23)ccc1Oc1cccc(Oc2ccccc2)c1. The monoisotopic (exact) mass is 428 g/mol. The van der Waals surface area contributed by atoms with Gasteiger partial charge < -0.3 is 19.8 Å². The topological polar surface area (TPSA) is 72.1 Å². The lowest BCUT2D eigenvalue weighted by atomic mass is 10.2. The van der Waals surface area contributed by atoms with Crippen LogP contribution in [0.1, 0.15) is 0 Å². The maximum Gasteiger partial charge on any atom is 0.158 e. The first-order valence-electron chi connectivity index (χ1n) is 9.60. The number of nitrogens with one attached hydrogen (secondary N) is 2. The van der Waals surface area contributed by atoms with E-state index in [0.29, 0.717) is 28.1 Å². The van der Waals surface area contributed by atoms with Crippen molar-refractivity contribution in [3.8, 4) is 23.0 Å². The summed E-state index contributed by atoms with van der Waals surface area (Å²) in [5, 5.41) is 3.73. The van der Waals surface area contributed by atoms with Crippen molar-refractivity contribution in [1.29, 1.82) is 0 Å². The van der Waals surface area contributed by atoms with Crippen molar-refractivity contribution in [2.75, 3.05) is 5.32 Å². The van der Waals surface area contributed by atoms with Crippen LogP contribution in [0.5, 0.6) is 23.0 Å². The summed E-state index contributed by atoms with van der Waals surface area (Å²) in [5.41, 5.74) is 2.45. The van der Waals surface area contributed by atoms with Gasteiger partial charge in [0.05, 0.1) is 10.5 Å². The zero-order chi connectivity index (χ0) is 21.0. The largest absolute Gasteiger partial charge is 0.457 e. The van der Waals surface area contributed by atoms with Crippen LogP contribution in [0.4, 0.5) is 11.5 Å². The Morgan fingerprint density at radius 1 is 0.774 bits per heavy atom. The first-order chi connectivity index (χ1) is 15.2. The molecule has 2 aromatic heterocycles. The first-order valence-corrected chi connectivity index (χ1v) is 9.98. The van der Waals surface area contributed by atoms with Crippen LogP contribution in [-0.4, -0.2) is 15.0 Å². The van der Waals surface area contributed by atoms with Gasteiger partial charge in [-0.1, -0.05) is 35.9 Å². The van der Waals surface area contributed by atoms with Crippen molar-refractivity contribution >= 4 is 34.1 Å². The van der Waals surface area contributed by atoms with E-state index in [-0.39, 0.29) is 0 Å². The summed E-state index contributed by atoms with van der Waals surface area (Å²) in [5.74, 6) is 3.27. The Morgan fingerprint density at radius 2 is 1.58 bits per heavy atom. The molecule has 7 heteroatoms. The van der Waals surface area contributed by atoms with Gasteiger partial charge in [0.1, 0.15) is 34.8 Å². The number of hydrogen-bond acceptors (Lipinski definition) is 5. The minimum atomic E-state index is 0.469. The predicted octanol–water partition coefficient (Wildman–Crippen LogP) is 6.94. The fourth-order valence-corrected chi connectivity index (χ4v) is 3.34. The van der Waals surface area contributed by atoms with Gasteiger partial charge in [0.15, 0.2) is 5.82 Å². The minimum Gasteiger partial charge on any atom is -0.457 e. The van der Waals surface area contributed by atoms with E-state index >= 15 is 0 Å². The number of aromatic amines is 1. The van der Waals surface area contributed by atoms with Crippen molar-refractivity contribution in [1.82, 2.24) is 15.0 Å². The second-order valence-electron chi connectivity index (χ2n) is 6.72. The molecule has 0 saturated heterocycles. The molecule has 0 saturated carbocycles. The number of nitrogens with zero attached hydrogens (tertiary/aromatic N) is 2. The second-order valence-corrected chi connectivity index (χ2v) is 7.13. The van der Waals surface area contributed by atoms with Crippen molar-refractivity contribution in [3.63, 3.8) is 0 Å². The van der Waals surface area contributed by atoms with Crippen LogP contribution in [0, 0.1) is 0 Å². The van der Waals surface area contributed by atoms with Crippen LogP contribution in [0.2, 0.25) is 5.02 Å². The Balaban J connectivity index is 1.33. The lowest BCUT2D eigenvalue weighted by molar-refractivity contribution is 0.460. The number of para-hydroxylation sites is 1. The summed E-state index contributed by atoms with van der Waals surface area (Å²) >= 11 is 6.48. The van der Waals surface area contributed by atoms with Gasteiger partial charge in [-0.15, -0.1) is 0 Å². The second kappa shape index (κ2) is 8.38. The van der Waals surface area contributed by atoms with E-state index < -0.39 is 0 Å². The lowest BCUT2D eigenvalue weighted by Crippen LogP contribution is -1.96. The van der Waals surface area contributed by atoms with Crippen molar-refractivity contribution in [2.24, 2.45) is 0 Å². The molecule has 2 N–H and O–H groups in total. The molecule has 0 atom stereocenters. The van der Waals surface area contributed by atoms with Crippen LogP contribution in [0.3, 0.4) is 0 Å². The van der Waals surface area contributed by atoms with Crippen LogP contribution in [-0.2, 0) is 0 Å². The molecule has 0 aliphatic carbocycles. The van der Waals surface area contributed by atoms with E-state index in [2.05, 4.69) is 20.3 Å². The van der Waals surface area contributed by atoms with Gasteiger partial charge in [-0.3, -0.25) is 0 Å². The Hall–Kier alpha value is -4.03. The molecule has 0 unspecified atom stereocenters. The normalized spacial score (nSPS) is 10.7. The summed E-state index contributed by atoms with van der Waals surface area (Å²) < 4.78 is 11.8. The molecule has 0 fully saturated rings. The van der Waals surface area contributed by atoms with E-state index in [1.165, 1.54) is 6.33 Å². The molecule has 0 aliphatic rings. The highest BCUT2D eigenvalue weighted by Gasteiger charge is 2.09. The third-order valence-electron chi connectivity index (χ3n) is 4.55. The predicted molar refractivity (Wildman–Crippen MR) is 122 cm³/mol. The van der Waals surface area contributed by atoms with Gasteiger partial charge in [0.2, 0.25) is 0 Å². The van der Waals surface area contributed by atoms with Gasteiger partial charge in [-0.2, -0.15) is 0 Å². The van der Waals surface area contributed by atoms with Crippen LogP contribution < -0.4 is 14.8 Å². The van der Waals surface area contributed by atoms with Gasteiger partial charge in [-0.05, 0) is 48.5 Å². The van der Waals surface area contributed by atoms with E-state index in [1.807, 2.05) is 79.0 Å². The van der Waals surface area contributed by atoms with Crippen LogP contribution in [0.25, 0.3) is 11.0 Å². The van der Waals surface area contributed by atoms with Crippen molar-refractivity contribution in [3.05, 3.63) is 96.4 Å². The highest BCUT2D eigenvalue weighted by Crippen LogP contribution is 2.34. The number of rotatable bonds is 6. The van der Waals surface area contributed by atoms with E-state index in [9.17, 15) is 0 Å². The molecular weight excluding hydrogens is 412 g/mol. The first kappa shape index (κ1) is 19.0. The molecule has 3 aromatic carbocycles. The fourth-order valence-electron chi connectivity index (χ4n) is 3.12. The Bertz CT molecular complexity index is 1340. The zero-order valence-corrected chi connectivity index (χ0v) is 17.0. The Kier molecular flexibility index (Phi) is 5.12. The minimum absolute atomic E-state index is 0.469. The number of ether oxygens (including phenoxy) is 2. The summed E-state index contributed by atoms with van der Waals surface area (Å²) in [4.78, 5) is 11.6. The molecule has 5 aromatic rings. The van der Waals surface area contributed by atoms with Crippen molar-refractivity contribution < 1.29 is 9.47 Å². The van der Waals surface area contributed by atoms with Gasteiger partial charge in [0.25, 0.3) is 0 Å². The Morgan fingerprint density at radius 3 is 2.42 bits per heavy atom.